The van der Waals surface area contributed by atoms with E-state index in [2.05, 4.69) is 25.4 Å². The number of oxazole rings is 1. The number of nitrogens with zero attached hydrogens (tertiary/aromatic N) is 4. The lowest BCUT2D eigenvalue weighted by atomic mass is 9.98. The standard InChI is InChI=1S/C24H25N5O2S/c1-16-8-10-17(11-9-16)13-25-22(30)24-28-27-21(32-24)15-29-12-4-5-18(14-29)23-26-19-6-2-3-7-20(19)31-23/h2-3,6-11,18H,4-5,12-15H2,1H3,(H,25,30). The van der Waals surface area contributed by atoms with Gasteiger partial charge in [0.05, 0.1) is 6.54 Å². The number of carbonyl (C=O) groups is 1. The highest BCUT2D eigenvalue weighted by Gasteiger charge is 2.26. The van der Waals surface area contributed by atoms with Crippen LogP contribution in [-0.4, -0.2) is 39.1 Å². The maximum absolute atomic E-state index is 12.5. The molecule has 0 aliphatic carbocycles. The molecule has 1 saturated heterocycles. The first-order valence-corrected chi connectivity index (χ1v) is 11.7. The largest absolute Gasteiger partial charge is 0.440 e. The number of likely N-dealkylation sites (tertiary alicyclic amines) is 1. The highest BCUT2D eigenvalue weighted by atomic mass is 32.1. The minimum absolute atomic E-state index is 0.183. The van der Waals surface area contributed by atoms with Crippen molar-refractivity contribution in [2.24, 2.45) is 0 Å². The molecule has 1 fully saturated rings. The minimum Gasteiger partial charge on any atom is -0.440 e. The fourth-order valence-electron chi connectivity index (χ4n) is 4.03. The van der Waals surface area contributed by atoms with Crippen molar-refractivity contribution in [1.82, 2.24) is 25.4 Å². The fourth-order valence-corrected chi connectivity index (χ4v) is 4.83. The zero-order valence-electron chi connectivity index (χ0n) is 18.0. The van der Waals surface area contributed by atoms with Crippen molar-refractivity contribution >= 4 is 28.3 Å². The Morgan fingerprint density at radius 3 is 2.88 bits per heavy atom. The lowest BCUT2D eigenvalue weighted by Gasteiger charge is -2.30. The van der Waals surface area contributed by atoms with E-state index >= 15 is 0 Å². The van der Waals surface area contributed by atoms with E-state index < -0.39 is 0 Å². The molecule has 7 nitrogen and oxygen atoms in total. The van der Waals surface area contributed by atoms with Gasteiger partial charge < -0.3 is 9.73 Å². The van der Waals surface area contributed by atoms with Crippen LogP contribution in [0.15, 0.2) is 52.9 Å². The summed E-state index contributed by atoms with van der Waals surface area (Å²) in [6.45, 7) is 5.06. The van der Waals surface area contributed by atoms with E-state index in [0.717, 1.165) is 53.5 Å². The number of piperidine rings is 1. The molecule has 0 spiro atoms. The lowest BCUT2D eigenvalue weighted by Crippen LogP contribution is -2.34. The zero-order valence-corrected chi connectivity index (χ0v) is 18.8. The van der Waals surface area contributed by atoms with Gasteiger partial charge in [0, 0.05) is 19.0 Å². The summed E-state index contributed by atoms with van der Waals surface area (Å²) in [6, 6.07) is 16.0. The summed E-state index contributed by atoms with van der Waals surface area (Å²) in [5, 5.41) is 12.6. The maximum atomic E-state index is 12.5. The predicted molar refractivity (Wildman–Crippen MR) is 124 cm³/mol. The quantitative estimate of drug-likeness (QED) is 0.474. The molecule has 0 saturated carbocycles. The summed E-state index contributed by atoms with van der Waals surface area (Å²) in [6.07, 6.45) is 2.14. The molecule has 3 heterocycles. The van der Waals surface area contributed by atoms with Gasteiger partial charge in [0.1, 0.15) is 10.5 Å². The number of carbonyl (C=O) groups excluding carboxylic acids is 1. The highest BCUT2D eigenvalue weighted by Crippen LogP contribution is 2.29. The number of fused-ring (bicyclic) bond motifs is 1. The van der Waals surface area contributed by atoms with Crippen LogP contribution in [0.4, 0.5) is 0 Å². The molecule has 2 aromatic heterocycles. The highest BCUT2D eigenvalue weighted by molar-refractivity contribution is 7.13. The van der Waals surface area contributed by atoms with Crippen LogP contribution in [0.25, 0.3) is 11.1 Å². The predicted octanol–water partition coefficient (Wildman–Crippen LogP) is 4.30. The number of hydrogen-bond donors (Lipinski definition) is 1. The van der Waals surface area contributed by atoms with E-state index in [1.54, 1.807) is 0 Å². The van der Waals surface area contributed by atoms with Crippen molar-refractivity contribution in [3.8, 4) is 0 Å². The van der Waals surface area contributed by atoms with Crippen LogP contribution >= 0.6 is 11.3 Å². The molecular formula is C24H25N5O2S. The molecule has 164 valence electrons. The molecule has 2 aromatic carbocycles. The maximum Gasteiger partial charge on any atom is 0.282 e. The lowest BCUT2D eigenvalue weighted by molar-refractivity contribution is 0.0950. The number of rotatable bonds is 6. The summed E-state index contributed by atoms with van der Waals surface area (Å²) in [5.74, 6) is 0.892. The van der Waals surface area contributed by atoms with E-state index in [0.29, 0.717) is 18.1 Å². The number of hydrogen-bond acceptors (Lipinski definition) is 7. The molecule has 1 N–H and O–H groups in total. The summed E-state index contributed by atoms with van der Waals surface area (Å²) in [4.78, 5) is 19.5. The third-order valence-electron chi connectivity index (χ3n) is 5.76. The topological polar surface area (TPSA) is 84.2 Å². The number of aromatic nitrogens is 3. The Labute approximate surface area is 190 Å². The molecule has 1 aliphatic rings. The molecule has 0 bridgehead atoms. The number of para-hydroxylation sites is 2. The van der Waals surface area contributed by atoms with Gasteiger partial charge in [-0.25, -0.2) is 4.98 Å². The van der Waals surface area contributed by atoms with Gasteiger partial charge in [0.25, 0.3) is 5.91 Å². The summed E-state index contributed by atoms with van der Waals surface area (Å²) in [5.41, 5.74) is 4.01. The summed E-state index contributed by atoms with van der Waals surface area (Å²) < 4.78 is 6.00. The van der Waals surface area contributed by atoms with E-state index in [4.69, 9.17) is 4.42 Å². The summed E-state index contributed by atoms with van der Waals surface area (Å²) in [7, 11) is 0. The second-order valence-electron chi connectivity index (χ2n) is 8.26. The van der Waals surface area contributed by atoms with Crippen molar-refractivity contribution in [1.29, 1.82) is 0 Å². The van der Waals surface area contributed by atoms with Crippen molar-refractivity contribution in [3.63, 3.8) is 0 Å². The van der Waals surface area contributed by atoms with Crippen LogP contribution in [0.3, 0.4) is 0 Å². The van der Waals surface area contributed by atoms with Gasteiger partial charge in [0.15, 0.2) is 11.5 Å². The van der Waals surface area contributed by atoms with Gasteiger partial charge >= 0.3 is 0 Å². The Kier molecular flexibility index (Phi) is 5.96. The fraction of sp³-hybridized carbons (Fsp3) is 0.333. The van der Waals surface area contributed by atoms with Gasteiger partial charge in [0.2, 0.25) is 5.01 Å². The van der Waals surface area contributed by atoms with E-state index in [9.17, 15) is 4.79 Å². The van der Waals surface area contributed by atoms with Gasteiger partial charge in [-0.15, -0.1) is 10.2 Å². The smallest absolute Gasteiger partial charge is 0.282 e. The monoisotopic (exact) mass is 447 g/mol. The Bertz CT molecular complexity index is 1180. The Morgan fingerprint density at radius 2 is 2.03 bits per heavy atom. The number of nitrogens with one attached hydrogen (secondary N) is 1. The first-order chi connectivity index (χ1) is 15.6. The number of amides is 1. The van der Waals surface area contributed by atoms with E-state index in [1.807, 2.05) is 55.5 Å². The van der Waals surface area contributed by atoms with Crippen LogP contribution in [0, 0.1) is 6.92 Å². The van der Waals surface area contributed by atoms with Crippen molar-refractivity contribution in [2.75, 3.05) is 13.1 Å². The molecule has 5 rings (SSSR count). The molecule has 8 heteroatoms. The van der Waals surface area contributed by atoms with Crippen molar-refractivity contribution < 1.29 is 9.21 Å². The van der Waals surface area contributed by atoms with Crippen LogP contribution in [0.2, 0.25) is 0 Å². The van der Waals surface area contributed by atoms with Gasteiger partial charge in [-0.1, -0.05) is 53.3 Å². The molecule has 1 atom stereocenters. The molecule has 32 heavy (non-hydrogen) atoms. The molecule has 4 aromatic rings. The molecule has 0 radical (unpaired) electrons. The minimum atomic E-state index is -0.183. The second-order valence-corrected chi connectivity index (χ2v) is 9.33. The van der Waals surface area contributed by atoms with Gasteiger partial charge in [-0.2, -0.15) is 0 Å². The SMILES string of the molecule is Cc1ccc(CNC(=O)c2nnc(CN3CCCC(c4nc5ccccc5o4)C3)s2)cc1. The van der Waals surface area contributed by atoms with Crippen LogP contribution in [0.1, 0.15) is 50.6 Å². The molecule has 1 amide bonds. The Hall–Kier alpha value is -3.10. The van der Waals surface area contributed by atoms with E-state index in [-0.39, 0.29) is 11.8 Å². The first-order valence-electron chi connectivity index (χ1n) is 10.9. The second kappa shape index (κ2) is 9.18. The van der Waals surface area contributed by atoms with Gasteiger partial charge in [-0.3, -0.25) is 9.69 Å². The number of benzene rings is 2. The van der Waals surface area contributed by atoms with Crippen molar-refractivity contribution in [2.45, 2.75) is 38.8 Å². The van der Waals surface area contributed by atoms with Crippen LogP contribution in [0.5, 0.6) is 0 Å². The van der Waals surface area contributed by atoms with Crippen molar-refractivity contribution in [3.05, 3.63) is 75.6 Å². The molecule has 1 aliphatic heterocycles. The average molecular weight is 448 g/mol. The summed E-state index contributed by atoms with van der Waals surface area (Å²) >= 11 is 1.36. The third kappa shape index (κ3) is 4.71. The van der Waals surface area contributed by atoms with E-state index in [1.165, 1.54) is 16.9 Å². The molecular weight excluding hydrogens is 422 g/mol. The Morgan fingerprint density at radius 1 is 1.19 bits per heavy atom. The third-order valence-corrected chi connectivity index (χ3v) is 6.67. The first kappa shape index (κ1) is 20.8. The zero-order chi connectivity index (χ0) is 21.9. The van der Waals surface area contributed by atoms with Crippen LogP contribution < -0.4 is 5.32 Å². The average Bonchev–Trinajstić information content (AvgIpc) is 3.46. The Balaban J connectivity index is 1.18. The number of aryl methyl sites for hydroxylation is 1. The molecule has 1 unspecified atom stereocenters. The van der Waals surface area contributed by atoms with Crippen LogP contribution in [-0.2, 0) is 13.1 Å². The van der Waals surface area contributed by atoms with Gasteiger partial charge in [-0.05, 0) is 44.0 Å². The normalized spacial score (nSPS) is 17.0.